The number of aromatic amines is 1. The summed E-state index contributed by atoms with van der Waals surface area (Å²) in [6.45, 7) is 3.84. The van der Waals surface area contributed by atoms with E-state index in [4.69, 9.17) is 9.72 Å². The first kappa shape index (κ1) is 26.6. The number of rotatable bonds is 8. The lowest BCUT2D eigenvalue weighted by atomic mass is 9.76. The van der Waals surface area contributed by atoms with Crippen LogP contribution < -0.4 is 10.6 Å². The summed E-state index contributed by atoms with van der Waals surface area (Å²) >= 11 is 0. The Morgan fingerprint density at radius 3 is 2.66 bits per heavy atom. The Balaban J connectivity index is 1.14. The summed E-state index contributed by atoms with van der Waals surface area (Å²) in [7, 11) is 1.59. The number of H-pyrrole nitrogens is 1. The lowest BCUT2D eigenvalue weighted by Crippen LogP contribution is -2.50. The Hall–Kier alpha value is -4.65. The molecular formula is C28H31FN10O2. The molecule has 5 aromatic heterocycles. The van der Waals surface area contributed by atoms with Crippen LogP contribution in [0.4, 0.5) is 16.0 Å². The first-order chi connectivity index (χ1) is 19.8. The average molecular weight is 559 g/mol. The Morgan fingerprint density at radius 1 is 1.17 bits per heavy atom. The molecule has 6 rings (SSSR count). The standard InChI is InChI=1S/C28H31FN10O2/c1-17-12-23(37-36-17)34-24-16-38-22(8-11-31-38)26(35-24)19-6-9-28(41-3,10-7-19)27(40)33-18(2)20-4-5-25(30-13-20)39-15-21(29)14-32-39/h4-5,8,11-16,18-19H,6-7,9-10H2,1-3H3,(H,33,40)(H2,34,36,37)/t18-,19?,28?/m0/s1. The minimum absolute atomic E-state index is 0.134. The Labute approximate surface area is 235 Å². The topological polar surface area (TPSA) is 140 Å². The summed E-state index contributed by atoms with van der Waals surface area (Å²) in [6.07, 6.45) is 10.2. The van der Waals surface area contributed by atoms with Crippen LogP contribution in [0.1, 0.15) is 61.5 Å². The largest absolute Gasteiger partial charge is 0.368 e. The van der Waals surface area contributed by atoms with E-state index in [-0.39, 0.29) is 17.9 Å². The molecule has 0 radical (unpaired) electrons. The molecule has 1 aliphatic rings. The van der Waals surface area contributed by atoms with E-state index < -0.39 is 11.4 Å². The van der Waals surface area contributed by atoms with Crippen molar-refractivity contribution in [2.24, 2.45) is 0 Å². The number of fused-ring (bicyclic) bond motifs is 1. The Kier molecular flexibility index (Phi) is 6.95. The summed E-state index contributed by atoms with van der Waals surface area (Å²) in [5.41, 5.74) is 2.70. The van der Waals surface area contributed by atoms with Crippen LogP contribution in [0.15, 0.2) is 55.2 Å². The number of anilines is 2. The molecule has 1 fully saturated rings. The second-order valence-electron chi connectivity index (χ2n) is 10.5. The lowest BCUT2D eigenvalue weighted by molar-refractivity contribution is -0.148. The Bertz CT molecular complexity index is 1670. The number of hydrogen-bond donors (Lipinski definition) is 3. The third kappa shape index (κ3) is 5.27. The molecule has 1 atom stereocenters. The van der Waals surface area contributed by atoms with Crippen molar-refractivity contribution in [1.82, 2.24) is 44.9 Å². The molecular weight excluding hydrogens is 527 g/mol. The highest BCUT2D eigenvalue weighted by molar-refractivity contribution is 5.85. The number of nitrogens with one attached hydrogen (secondary N) is 3. The van der Waals surface area contributed by atoms with Crippen molar-refractivity contribution in [3.8, 4) is 5.82 Å². The molecule has 0 aliphatic heterocycles. The van der Waals surface area contributed by atoms with E-state index >= 15 is 0 Å². The van der Waals surface area contributed by atoms with Gasteiger partial charge in [0, 0.05) is 31.0 Å². The number of halogens is 1. The van der Waals surface area contributed by atoms with Gasteiger partial charge in [-0.2, -0.15) is 15.3 Å². The first-order valence-electron chi connectivity index (χ1n) is 13.5. The fourth-order valence-corrected chi connectivity index (χ4v) is 5.43. The average Bonchev–Trinajstić information content (AvgIpc) is 3.74. The molecule has 0 unspecified atom stereocenters. The summed E-state index contributed by atoms with van der Waals surface area (Å²) in [6, 6.07) is 7.15. The molecule has 41 heavy (non-hydrogen) atoms. The summed E-state index contributed by atoms with van der Waals surface area (Å²) < 4.78 is 22.4. The van der Waals surface area contributed by atoms with Crippen LogP contribution in [0.5, 0.6) is 0 Å². The fourth-order valence-electron chi connectivity index (χ4n) is 5.43. The minimum atomic E-state index is -0.941. The zero-order chi connectivity index (χ0) is 28.6. The van der Waals surface area contributed by atoms with Crippen molar-refractivity contribution in [3.05, 3.63) is 78.0 Å². The maximum Gasteiger partial charge on any atom is 0.252 e. The van der Waals surface area contributed by atoms with Gasteiger partial charge in [0.05, 0.1) is 42.0 Å². The predicted molar refractivity (Wildman–Crippen MR) is 148 cm³/mol. The van der Waals surface area contributed by atoms with Crippen LogP contribution in [0, 0.1) is 12.7 Å². The number of ether oxygens (including phenoxy) is 1. The van der Waals surface area contributed by atoms with Gasteiger partial charge in [0.1, 0.15) is 5.60 Å². The predicted octanol–water partition coefficient (Wildman–Crippen LogP) is 4.14. The van der Waals surface area contributed by atoms with E-state index in [0.717, 1.165) is 41.5 Å². The number of nitrogens with zero attached hydrogens (tertiary/aromatic N) is 7. The van der Waals surface area contributed by atoms with Crippen molar-refractivity contribution in [3.63, 3.8) is 0 Å². The molecule has 0 aromatic carbocycles. The fraction of sp³-hybridized carbons (Fsp3) is 0.357. The van der Waals surface area contributed by atoms with Crippen molar-refractivity contribution >= 4 is 23.1 Å². The van der Waals surface area contributed by atoms with Crippen LogP contribution in [0.25, 0.3) is 11.3 Å². The zero-order valence-electron chi connectivity index (χ0n) is 23.0. The number of hydrogen-bond acceptors (Lipinski definition) is 8. The van der Waals surface area contributed by atoms with E-state index in [1.54, 1.807) is 25.6 Å². The molecule has 0 spiro atoms. The van der Waals surface area contributed by atoms with Gasteiger partial charge in [0.15, 0.2) is 23.3 Å². The molecule has 1 saturated carbocycles. The maximum absolute atomic E-state index is 13.5. The van der Waals surface area contributed by atoms with Crippen LogP contribution in [0.3, 0.4) is 0 Å². The number of methoxy groups -OCH3 is 1. The van der Waals surface area contributed by atoms with Crippen LogP contribution in [0.2, 0.25) is 0 Å². The molecule has 1 aliphatic carbocycles. The van der Waals surface area contributed by atoms with Gasteiger partial charge in [0.2, 0.25) is 0 Å². The van der Waals surface area contributed by atoms with E-state index in [0.29, 0.717) is 30.3 Å². The summed E-state index contributed by atoms with van der Waals surface area (Å²) in [4.78, 5) is 22.8. The number of carbonyl (C=O) groups is 1. The molecule has 0 bridgehead atoms. The van der Waals surface area contributed by atoms with Crippen molar-refractivity contribution in [2.45, 2.75) is 57.1 Å². The van der Waals surface area contributed by atoms with Gasteiger partial charge in [-0.15, -0.1) is 0 Å². The van der Waals surface area contributed by atoms with Gasteiger partial charge < -0.3 is 15.4 Å². The van der Waals surface area contributed by atoms with Crippen molar-refractivity contribution in [1.29, 1.82) is 0 Å². The summed E-state index contributed by atoms with van der Waals surface area (Å²) in [5, 5.41) is 21.9. The quantitative estimate of drug-likeness (QED) is 0.258. The van der Waals surface area contributed by atoms with Gasteiger partial charge in [0.25, 0.3) is 5.91 Å². The molecule has 13 heteroatoms. The Morgan fingerprint density at radius 2 is 2.00 bits per heavy atom. The second-order valence-corrected chi connectivity index (χ2v) is 10.5. The number of pyridine rings is 1. The number of carbonyl (C=O) groups excluding carboxylic acids is 1. The number of aryl methyl sites for hydroxylation is 1. The highest BCUT2D eigenvalue weighted by atomic mass is 19.1. The van der Waals surface area contributed by atoms with Crippen LogP contribution in [-0.2, 0) is 9.53 Å². The highest BCUT2D eigenvalue weighted by Gasteiger charge is 2.43. The van der Waals surface area contributed by atoms with Gasteiger partial charge in [-0.1, -0.05) is 6.07 Å². The van der Waals surface area contributed by atoms with Gasteiger partial charge in [-0.3, -0.25) is 9.89 Å². The van der Waals surface area contributed by atoms with E-state index in [2.05, 4.69) is 36.0 Å². The normalized spacial score (nSPS) is 19.8. The maximum atomic E-state index is 13.5. The second kappa shape index (κ2) is 10.7. The molecule has 0 saturated heterocycles. The molecule has 212 valence electrons. The first-order valence-corrected chi connectivity index (χ1v) is 13.5. The van der Waals surface area contributed by atoms with E-state index in [1.165, 1.54) is 10.9 Å². The summed E-state index contributed by atoms with van der Waals surface area (Å²) in [5.74, 6) is 1.36. The number of aromatic nitrogens is 8. The van der Waals surface area contributed by atoms with Crippen molar-refractivity contribution < 1.29 is 13.9 Å². The van der Waals surface area contributed by atoms with Gasteiger partial charge in [-0.05, 0) is 57.2 Å². The minimum Gasteiger partial charge on any atom is -0.368 e. The monoisotopic (exact) mass is 558 g/mol. The van der Waals surface area contributed by atoms with Crippen LogP contribution >= 0.6 is 0 Å². The third-order valence-corrected chi connectivity index (χ3v) is 7.77. The SMILES string of the molecule is COC1(C(=O)N[C@@H](C)c2ccc(-n3cc(F)cn3)nc2)CCC(c2nc(Nc3cc(C)[nH]n3)cn3nccc23)CC1. The number of amides is 1. The molecule has 1 amide bonds. The van der Waals surface area contributed by atoms with E-state index in [1.807, 2.05) is 42.8 Å². The highest BCUT2D eigenvalue weighted by Crippen LogP contribution is 2.41. The molecule has 5 heterocycles. The lowest BCUT2D eigenvalue weighted by Gasteiger charge is -2.38. The van der Waals surface area contributed by atoms with E-state index in [9.17, 15) is 9.18 Å². The van der Waals surface area contributed by atoms with Gasteiger partial charge in [-0.25, -0.2) is 23.6 Å². The smallest absolute Gasteiger partial charge is 0.252 e. The zero-order valence-corrected chi connectivity index (χ0v) is 23.0. The van der Waals surface area contributed by atoms with Crippen molar-refractivity contribution in [2.75, 3.05) is 12.4 Å². The molecule has 5 aromatic rings. The van der Waals surface area contributed by atoms with Gasteiger partial charge >= 0.3 is 0 Å². The third-order valence-electron chi connectivity index (χ3n) is 7.77. The molecule has 12 nitrogen and oxygen atoms in total. The molecule has 3 N–H and O–H groups in total. The van der Waals surface area contributed by atoms with Crippen LogP contribution in [-0.4, -0.2) is 58.2 Å².